The van der Waals surface area contributed by atoms with Crippen LogP contribution >= 0.6 is 0 Å². The topological polar surface area (TPSA) is 209 Å². The number of benzene rings is 2. The minimum Gasteiger partial charge on any atom is -0.378 e. The summed E-state index contributed by atoms with van der Waals surface area (Å²) in [4.78, 5) is 50.1. The van der Waals surface area contributed by atoms with Gasteiger partial charge in [-0.3, -0.25) is 33.9 Å². The van der Waals surface area contributed by atoms with Crippen LogP contribution in [0.25, 0.3) is 0 Å². The molecule has 2 aliphatic heterocycles. The molecule has 2 unspecified atom stereocenters. The van der Waals surface area contributed by atoms with Crippen molar-refractivity contribution in [1.29, 1.82) is 0 Å². The van der Waals surface area contributed by atoms with Crippen LogP contribution in [0.15, 0.2) is 46.2 Å². The molecule has 0 aromatic heterocycles. The Kier molecular flexibility index (Phi) is 12.0. The van der Waals surface area contributed by atoms with E-state index in [1.165, 1.54) is 24.3 Å². The van der Waals surface area contributed by atoms with Crippen molar-refractivity contribution in [3.63, 3.8) is 0 Å². The third-order valence-corrected chi connectivity index (χ3v) is 10.1. The summed E-state index contributed by atoms with van der Waals surface area (Å²) >= 11 is 0. The fourth-order valence-electron chi connectivity index (χ4n) is 5.16. The Balaban J connectivity index is 1.14. The molecule has 2 N–H and O–H groups in total. The standard InChI is InChI=1S/C30H36N2O13S2/c1-19-6-8-24(47(39,40)41)22(18-19)20(2)45-15-14-43-11-10-42-12-13-44-16-17-46(37,38)25-5-3-4-21-27(25)30(36)32(29(21)35)23-7-9-26(33)31-28(23)34/h3-6,8,18,20,23H,7,9-17H2,1-2H3,(H,31,33,34)(H,39,40,41). The van der Waals surface area contributed by atoms with Gasteiger partial charge < -0.3 is 18.9 Å². The highest BCUT2D eigenvalue weighted by Crippen LogP contribution is 2.32. The van der Waals surface area contributed by atoms with E-state index in [1.807, 2.05) is 0 Å². The van der Waals surface area contributed by atoms with Crippen LogP contribution in [0.4, 0.5) is 0 Å². The van der Waals surface area contributed by atoms with Gasteiger partial charge in [0, 0.05) is 12.0 Å². The lowest BCUT2D eigenvalue weighted by molar-refractivity contribution is -0.136. The molecule has 4 rings (SSSR count). The number of nitrogens with zero attached hydrogens (tertiary/aromatic N) is 1. The van der Waals surface area contributed by atoms with Gasteiger partial charge in [0.1, 0.15) is 6.04 Å². The molecule has 0 radical (unpaired) electrons. The Hall–Kier alpha value is -3.58. The van der Waals surface area contributed by atoms with Crippen molar-refractivity contribution in [1.82, 2.24) is 10.2 Å². The van der Waals surface area contributed by atoms with Crippen LogP contribution in [0.5, 0.6) is 0 Å². The first-order valence-electron chi connectivity index (χ1n) is 14.7. The fraction of sp³-hybridized carbons (Fsp3) is 0.467. The zero-order valence-corrected chi connectivity index (χ0v) is 27.4. The zero-order valence-electron chi connectivity index (χ0n) is 25.8. The zero-order chi connectivity index (χ0) is 34.4. The van der Waals surface area contributed by atoms with Crippen molar-refractivity contribution in [3.8, 4) is 0 Å². The lowest BCUT2D eigenvalue weighted by Gasteiger charge is -2.27. The molecule has 0 spiro atoms. The molecule has 1 saturated heterocycles. The Morgan fingerprint density at radius 1 is 0.872 bits per heavy atom. The van der Waals surface area contributed by atoms with Crippen molar-refractivity contribution >= 4 is 43.6 Å². The molecule has 2 heterocycles. The van der Waals surface area contributed by atoms with Gasteiger partial charge in [-0.25, -0.2) is 8.42 Å². The molecule has 47 heavy (non-hydrogen) atoms. The molecule has 2 aromatic carbocycles. The molecule has 2 aromatic rings. The number of rotatable bonds is 17. The predicted octanol–water partition coefficient (Wildman–Crippen LogP) is 1.24. The summed E-state index contributed by atoms with van der Waals surface area (Å²) in [6.45, 7) is 4.31. The lowest BCUT2D eigenvalue weighted by atomic mass is 10.0. The van der Waals surface area contributed by atoms with Gasteiger partial charge in [-0.15, -0.1) is 0 Å². The Morgan fingerprint density at radius 3 is 2.15 bits per heavy atom. The maximum Gasteiger partial charge on any atom is 0.294 e. The second kappa shape index (κ2) is 15.5. The van der Waals surface area contributed by atoms with Gasteiger partial charge in [0.05, 0.1) is 79.0 Å². The number of piperidine rings is 1. The number of amides is 4. The molecule has 2 aliphatic rings. The SMILES string of the molecule is Cc1ccc(S(=O)(=O)O)c(C(C)OCCOCCOCCOCCS(=O)(=O)c2cccc3c2C(=O)N(C2CCC(=O)NC2=O)C3=O)c1. The highest BCUT2D eigenvalue weighted by atomic mass is 32.2. The predicted molar refractivity (Wildman–Crippen MR) is 163 cm³/mol. The van der Waals surface area contributed by atoms with Crippen LogP contribution in [0.1, 0.15) is 57.7 Å². The summed E-state index contributed by atoms with van der Waals surface area (Å²) in [5.41, 5.74) is 0.728. The van der Waals surface area contributed by atoms with Crippen molar-refractivity contribution < 1.29 is 59.5 Å². The third kappa shape index (κ3) is 8.86. The smallest absolute Gasteiger partial charge is 0.294 e. The largest absolute Gasteiger partial charge is 0.378 e. The number of nitrogens with one attached hydrogen (secondary N) is 1. The summed E-state index contributed by atoms with van der Waals surface area (Å²) in [6.07, 6.45) is -0.715. The van der Waals surface area contributed by atoms with Crippen LogP contribution in [0.3, 0.4) is 0 Å². The van der Waals surface area contributed by atoms with Gasteiger partial charge in [-0.2, -0.15) is 8.42 Å². The minimum atomic E-state index is -4.40. The molecule has 17 heteroatoms. The van der Waals surface area contributed by atoms with Crippen LogP contribution in [-0.2, 0) is 48.5 Å². The first-order chi connectivity index (χ1) is 22.2. The summed E-state index contributed by atoms with van der Waals surface area (Å²) < 4.78 is 80.9. The van der Waals surface area contributed by atoms with Gasteiger partial charge in [0.2, 0.25) is 11.8 Å². The number of fused-ring (bicyclic) bond motifs is 1. The van der Waals surface area contributed by atoms with Gasteiger partial charge >= 0.3 is 0 Å². The molecule has 4 amide bonds. The Bertz CT molecular complexity index is 1740. The Morgan fingerprint density at radius 2 is 1.51 bits per heavy atom. The van der Waals surface area contributed by atoms with E-state index in [0.717, 1.165) is 5.56 Å². The maximum atomic E-state index is 13.2. The fourth-order valence-corrected chi connectivity index (χ4v) is 7.27. The van der Waals surface area contributed by atoms with E-state index in [1.54, 1.807) is 26.0 Å². The highest BCUT2D eigenvalue weighted by Gasteiger charge is 2.46. The first-order valence-corrected chi connectivity index (χ1v) is 17.8. The van der Waals surface area contributed by atoms with Crippen LogP contribution in [-0.4, -0.2) is 108 Å². The number of ether oxygens (including phenoxy) is 4. The second-order valence-electron chi connectivity index (χ2n) is 10.8. The number of hydrogen-bond acceptors (Lipinski definition) is 12. The summed E-state index contributed by atoms with van der Waals surface area (Å²) in [5, 5.41) is 2.10. The van der Waals surface area contributed by atoms with Gasteiger partial charge in [0.15, 0.2) is 9.84 Å². The molecule has 2 atom stereocenters. The number of sulfone groups is 1. The molecule has 256 valence electrons. The summed E-state index contributed by atoms with van der Waals surface area (Å²) in [6, 6.07) is 7.22. The van der Waals surface area contributed by atoms with E-state index < -0.39 is 61.5 Å². The first kappa shape index (κ1) is 36.3. The average molecular weight is 697 g/mol. The van der Waals surface area contributed by atoms with Crippen molar-refractivity contribution in [2.45, 2.75) is 48.6 Å². The second-order valence-corrected chi connectivity index (χ2v) is 14.3. The van der Waals surface area contributed by atoms with E-state index in [4.69, 9.17) is 18.9 Å². The molecule has 1 fully saturated rings. The van der Waals surface area contributed by atoms with Gasteiger partial charge in [-0.05, 0) is 38.5 Å². The van der Waals surface area contributed by atoms with Crippen LogP contribution in [0, 0.1) is 6.92 Å². The average Bonchev–Trinajstić information content (AvgIpc) is 3.26. The van der Waals surface area contributed by atoms with Crippen molar-refractivity contribution in [2.24, 2.45) is 0 Å². The van der Waals surface area contributed by atoms with Crippen molar-refractivity contribution in [3.05, 3.63) is 58.7 Å². The van der Waals surface area contributed by atoms with Crippen molar-refractivity contribution in [2.75, 3.05) is 52.0 Å². The molecule has 0 bridgehead atoms. The summed E-state index contributed by atoms with van der Waals surface area (Å²) in [5.74, 6) is -3.49. The maximum absolute atomic E-state index is 13.2. The lowest BCUT2D eigenvalue weighted by Crippen LogP contribution is -2.54. The number of imide groups is 2. The normalized spacial score (nSPS) is 17.6. The molecule has 15 nitrogen and oxygen atoms in total. The molecule has 0 aliphatic carbocycles. The highest BCUT2D eigenvalue weighted by molar-refractivity contribution is 7.91. The van der Waals surface area contributed by atoms with E-state index in [2.05, 4.69) is 5.32 Å². The quantitative estimate of drug-likeness (QED) is 0.136. The number of carbonyl (C=O) groups is 4. The Labute approximate surface area is 272 Å². The van der Waals surface area contributed by atoms with E-state index >= 15 is 0 Å². The number of carbonyl (C=O) groups excluding carboxylic acids is 4. The van der Waals surface area contributed by atoms with Gasteiger partial charge in [0.25, 0.3) is 21.9 Å². The van der Waals surface area contributed by atoms with Gasteiger partial charge in [-0.1, -0.05) is 23.8 Å². The third-order valence-electron chi connectivity index (χ3n) is 7.48. The van der Waals surface area contributed by atoms with Crippen LogP contribution in [0.2, 0.25) is 0 Å². The van der Waals surface area contributed by atoms with E-state index in [9.17, 15) is 40.6 Å². The number of hydrogen-bond donors (Lipinski definition) is 2. The number of aryl methyl sites for hydroxylation is 1. The minimum absolute atomic E-state index is 0.0505. The summed E-state index contributed by atoms with van der Waals surface area (Å²) in [7, 11) is -8.45. The molecule has 0 saturated carbocycles. The van der Waals surface area contributed by atoms with E-state index in [-0.39, 0.29) is 80.0 Å². The van der Waals surface area contributed by atoms with Crippen LogP contribution < -0.4 is 5.32 Å². The molecular formula is C30H36N2O13S2. The monoisotopic (exact) mass is 696 g/mol. The molecular weight excluding hydrogens is 660 g/mol. The van der Waals surface area contributed by atoms with E-state index in [0.29, 0.717) is 10.5 Å².